The zero-order valence-corrected chi connectivity index (χ0v) is 14.1. The van der Waals surface area contributed by atoms with Crippen LogP contribution in [0.5, 0.6) is 0 Å². The third kappa shape index (κ3) is 4.21. The summed E-state index contributed by atoms with van der Waals surface area (Å²) in [4.78, 5) is 0. The molecule has 1 heterocycles. The van der Waals surface area contributed by atoms with Crippen molar-refractivity contribution in [1.29, 1.82) is 0 Å². The van der Waals surface area contributed by atoms with Gasteiger partial charge in [0.2, 0.25) is 5.16 Å². The Bertz CT molecular complexity index is 811. The van der Waals surface area contributed by atoms with Gasteiger partial charge in [0.1, 0.15) is 6.33 Å². The lowest BCUT2D eigenvalue weighted by molar-refractivity contribution is 0.767. The Hall–Kier alpha value is -2.11. The van der Waals surface area contributed by atoms with Gasteiger partial charge in [0.25, 0.3) is 0 Å². The van der Waals surface area contributed by atoms with E-state index in [-0.39, 0.29) is 0 Å². The van der Waals surface area contributed by atoms with Crippen molar-refractivity contribution in [3.05, 3.63) is 76.6 Å². The molecule has 116 valence electrons. The number of aromatic nitrogens is 3. The third-order valence-electron chi connectivity index (χ3n) is 3.22. The normalized spacial score (nSPS) is 11.2. The predicted octanol–water partition coefficient (Wildman–Crippen LogP) is 4.41. The number of rotatable bonds is 5. The van der Waals surface area contributed by atoms with Crippen LogP contribution in [0.3, 0.4) is 0 Å². The molecular weight excluding hydrogens is 328 g/mol. The van der Waals surface area contributed by atoms with Crippen LogP contribution in [0.1, 0.15) is 16.7 Å². The summed E-state index contributed by atoms with van der Waals surface area (Å²) in [6.07, 6.45) is 3.39. The lowest BCUT2D eigenvalue weighted by Gasteiger charge is -2.03. The van der Waals surface area contributed by atoms with Crippen molar-refractivity contribution in [2.75, 3.05) is 0 Å². The molecule has 23 heavy (non-hydrogen) atoms. The molecule has 0 radical (unpaired) electrons. The van der Waals surface area contributed by atoms with Gasteiger partial charge in [-0.1, -0.05) is 71.4 Å². The monoisotopic (exact) mass is 342 g/mol. The van der Waals surface area contributed by atoms with Gasteiger partial charge in [0.15, 0.2) is 0 Å². The number of hydrogen-bond donors (Lipinski definition) is 0. The summed E-state index contributed by atoms with van der Waals surface area (Å²) >= 11 is 7.72. The van der Waals surface area contributed by atoms with E-state index in [1.807, 2.05) is 36.4 Å². The summed E-state index contributed by atoms with van der Waals surface area (Å²) in [6, 6.07) is 16.0. The van der Waals surface area contributed by atoms with Crippen molar-refractivity contribution < 1.29 is 0 Å². The van der Waals surface area contributed by atoms with Crippen LogP contribution in [0, 0.1) is 6.92 Å². The highest BCUT2D eigenvalue weighted by molar-refractivity contribution is 7.98. The molecule has 3 aromatic rings. The Balaban J connectivity index is 1.70. The van der Waals surface area contributed by atoms with Gasteiger partial charge in [-0.05, 0) is 24.1 Å². The Morgan fingerprint density at radius 3 is 2.74 bits per heavy atom. The van der Waals surface area contributed by atoms with Crippen LogP contribution in [0.25, 0.3) is 0 Å². The molecule has 0 fully saturated rings. The van der Waals surface area contributed by atoms with E-state index in [0.29, 0.717) is 0 Å². The van der Waals surface area contributed by atoms with Gasteiger partial charge in [-0.25, -0.2) is 0 Å². The largest absolute Gasteiger partial charge is 0.212 e. The molecule has 0 aliphatic rings. The lowest BCUT2D eigenvalue weighted by Crippen LogP contribution is -1.93. The molecule has 4 nitrogen and oxygen atoms in total. The number of halogens is 1. The number of nitrogens with zero attached hydrogens (tertiary/aromatic N) is 4. The summed E-state index contributed by atoms with van der Waals surface area (Å²) in [5, 5.41) is 13.9. The fourth-order valence-electron chi connectivity index (χ4n) is 1.93. The van der Waals surface area contributed by atoms with Gasteiger partial charge >= 0.3 is 0 Å². The topological polar surface area (TPSA) is 43.1 Å². The molecule has 0 unspecified atom stereocenters. The number of benzene rings is 2. The average molecular weight is 343 g/mol. The number of thioether (sulfide) groups is 1. The standard InChI is InChI=1S/C17H15ClN4S/c1-13-6-8-14(9-7-13)10-20-22-12-19-21-17(22)23-11-15-4-2-3-5-16(15)18/h2-10,12H,11H2,1H3/b20-10+. The average Bonchev–Trinajstić information content (AvgIpc) is 3.01. The van der Waals surface area contributed by atoms with Crippen molar-refractivity contribution in [2.45, 2.75) is 17.8 Å². The maximum atomic E-state index is 6.17. The fraction of sp³-hybridized carbons (Fsp3) is 0.118. The number of hydrogen-bond acceptors (Lipinski definition) is 4. The highest BCUT2D eigenvalue weighted by Crippen LogP contribution is 2.25. The maximum absolute atomic E-state index is 6.17. The summed E-state index contributed by atoms with van der Waals surface area (Å²) in [7, 11) is 0. The van der Waals surface area contributed by atoms with E-state index in [2.05, 4.69) is 34.4 Å². The smallest absolute Gasteiger partial charge is 0.195 e. The van der Waals surface area contributed by atoms with Crippen molar-refractivity contribution in [2.24, 2.45) is 5.10 Å². The predicted molar refractivity (Wildman–Crippen MR) is 95.2 cm³/mol. The highest BCUT2D eigenvalue weighted by Gasteiger charge is 2.06. The van der Waals surface area contributed by atoms with Gasteiger partial charge in [-0.2, -0.15) is 9.78 Å². The fourth-order valence-corrected chi connectivity index (χ4v) is 3.08. The second-order valence-corrected chi connectivity index (χ2v) is 6.34. The van der Waals surface area contributed by atoms with E-state index in [4.69, 9.17) is 11.6 Å². The molecule has 0 amide bonds. The van der Waals surface area contributed by atoms with E-state index < -0.39 is 0 Å². The van der Waals surface area contributed by atoms with Crippen LogP contribution in [0.15, 0.2) is 65.1 Å². The zero-order chi connectivity index (χ0) is 16.1. The highest BCUT2D eigenvalue weighted by atomic mass is 35.5. The Morgan fingerprint density at radius 2 is 1.96 bits per heavy atom. The van der Waals surface area contributed by atoms with Gasteiger partial charge in [-0.3, -0.25) is 0 Å². The molecule has 0 bridgehead atoms. The molecule has 0 saturated carbocycles. The quantitative estimate of drug-likeness (QED) is 0.509. The Labute approximate surface area is 144 Å². The van der Waals surface area contributed by atoms with Gasteiger partial charge < -0.3 is 0 Å². The molecule has 0 spiro atoms. The third-order valence-corrected chi connectivity index (χ3v) is 4.57. The first kappa shape index (κ1) is 15.8. The molecule has 2 aromatic carbocycles. The first-order valence-corrected chi connectivity index (χ1v) is 8.46. The first-order chi connectivity index (χ1) is 11.2. The number of aryl methyl sites for hydroxylation is 1. The van der Waals surface area contributed by atoms with E-state index in [0.717, 1.165) is 27.1 Å². The van der Waals surface area contributed by atoms with Crippen LogP contribution in [-0.4, -0.2) is 21.1 Å². The van der Waals surface area contributed by atoms with Crippen LogP contribution in [-0.2, 0) is 5.75 Å². The molecule has 1 aromatic heterocycles. The Morgan fingerprint density at radius 1 is 1.17 bits per heavy atom. The minimum Gasteiger partial charge on any atom is -0.195 e. The lowest BCUT2D eigenvalue weighted by atomic mass is 10.2. The molecule has 0 saturated heterocycles. The van der Waals surface area contributed by atoms with Crippen molar-refractivity contribution in [3.8, 4) is 0 Å². The van der Waals surface area contributed by atoms with Crippen molar-refractivity contribution in [1.82, 2.24) is 14.9 Å². The second-order valence-electron chi connectivity index (χ2n) is 4.99. The van der Waals surface area contributed by atoms with Crippen molar-refractivity contribution >= 4 is 29.6 Å². The van der Waals surface area contributed by atoms with Crippen molar-refractivity contribution in [3.63, 3.8) is 0 Å². The minimum atomic E-state index is 0.721. The van der Waals surface area contributed by atoms with E-state index >= 15 is 0 Å². The van der Waals surface area contributed by atoms with Crippen LogP contribution >= 0.6 is 23.4 Å². The van der Waals surface area contributed by atoms with Gasteiger partial charge in [-0.15, -0.1) is 10.2 Å². The summed E-state index contributed by atoms with van der Waals surface area (Å²) < 4.78 is 1.67. The zero-order valence-electron chi connectivity index (χ0n) is 12.6. The summed E-state index contributed by atoms with van der Waals surface area (Å²) in [5.41, 5.74) is 3.32. The van der Waals surface area contributed by atoms with E-state index in [1.165, 1.54) is 5.56 Å². The van der Waals surface area contributed by atoms with Crippen LogP contribution in [0.4, 0.5) is 0 Å². The molecule has 0 atom stereocenters. The van der Waals surface area contributed by atoms with Gasteiger partial charge in [0.05, 0.1) is 6.21 Å². The molecular formula is C17H15ClN4S. The second kappa shape index (κ2) is 7.44. The Kier molecular flexibility index (Phi) is 5.10. The van der Waals surface area contributed by atoms with Crippen LogP contribution in [0.2, 0.25) is 5.02 Å². The maximum Gasteiger partial charge on any atom is 0.212 e. The molecule has 0 aliphatic heterocycles. The van der Waals surface area contributed by atoms with E-state index in [9.17, 15) is 0 Å². The molecule has 3 rings (SSSR count). The minimum absolute atomic E-state index is 0.721. The summed E-state index contributed by atoms with van der Waals surface area (Å²) in [6.45, 7) is 2.06. The molecule has 0 aliphatic carbocycles. The summed E-state index contributed by atoms with van der Waals surface area (Å²) in [5.74, 6) is 0.721. The first-order valence-electron chi connectivity index (χ1n) is 7.09. The molecule has 0 N–H and O–H groups in total. The SMILES string of the molecule is Cc1ccc(/C=N/n2cnnc2SCc2ccccc2Cl)cc1. The van der Waals surface area contributed by atoms with Crippen LogP contribution < -0.4 is 0 Å². The van der Waals surface area contributed by atoms with E-state index in [1.54, 1.807) is 29.0 Å². The van der Waals surface area contributed by atoms with Gasteiger partial charge in [0, 0.05) is 10.8 Å². The molecule has 6 heteroatoms.